The van der Waals surface area contributed by atoms with E-state index in [0.29, 0.717) is 27.8 Å². The molecule has 0 saturated carbocycles. The van der Waals surface area contributed by atoms with E-state index in [1.807, 2.05) is 6.07 Å². The van der Waals surface area contributed by atoms with Gasteiger partial charge in [0, 0.05) is 31.0 Å². The lowest BCUT2D eigenvalue weighted by atomic mass is 9.97. The van der Waals surface area contributed by atoms with Crippen molar-refractivity contribution >= 4 is 34.8 Å². The second-order valence-electron chi connectivity index (χ2n) is 8.64. The molecule has 3 aromatic carbocycles. The van der Waals surface area contributed by atoms with Crippen LogP contribution in [0.2, 0.25) is 5.02 Å². The molecular formula is C27H27ClFN3O2. The van der Waals surface area contributed by atoms with Crippen LogP contribution in [0.15, 0.2) is 66.7 Å². The van der Waals surface area contributed by atoms with Crippen LogP contribution >= 0.6 is 11.6 Å². The summed E-state index contributed by atoms with van der Waals surface area (Å²) in [5.41, 5.74) is 2.98. The van der Waals surface area contributed by atoms with Gasteiger partial charge >= 0.3 is 0 Å². The Labute approximate surface area is 203 Å². The van der Waals surface area contributed by atoms with Gasteiger partial charge < -0.3 is 15.5 Å². The topological polar surface area (TPSA) is 61.4 Å². The van der Waals surface area contributed by atoms with E-state index >= 15 is 0 Å². The van der Waals surface area contributed by atoms with Gasteiger partial charge in [0.1, 0.15) is 5.82 Å². The summed E-state index contributed by atoms with van der Waals surface area (Å²) in [6.07, 6.45) is 2.11. The first-order valence-corrected chi connectivity index (χ1v) is 11.8. The maximum absolute atomic E-state index is 13.2. The van der Waals surface area contributed by atoms with Crippen molar-refractivity contribution in [3.05, 3.63) is 94.3 Å². The Bertz CT molecular complexity index is 1170. The number of carbonyl (C=O) groups is 2. The second-order valence-corrected chi connectivity index (χ2v) is 9.05. The molecule has 0 radical (unpaired) electrons. The standard InChI is InChI=1S/C27H27ClFN3O2/c1-18-12-14-32(15-13-18)25-11-10-21(31-27(34)22-4-2-3-5-24(22)28)16-23(25)26(33)30-17-19-6-8-20(29)9-7-19/h2-11,16,18H,12-15,17H2,1H3,(H,30,33)(H,31,34). The van der Waals surface area contributed by atoms with Crippen LogP contribution in [-0.4, -0.2) is 24.9 Å². The van der Waals surface area contributed by atoms with E-state index in [9.17, 15) is 14.0 Å². The molecule has 0 atom stereocenters. The molecule has 7 heteroatoms. The summed E-state index contributed by atoms with van der Waals surface area (Å²) < 4.78 is 13.2. The molecule has 1 aliphatic heterocycles. The summed E-state index contributed by atoms with van der Waals surface area (Å²) in [6, 6.07) is 18.2. The van der Waals surface area contributed by atoms with Crippen molar-refractivity contribution in [2.24, 2.45) is 5.92 Å². The number of benzene rings is 3. The number of hydrogen-bond acceptors (Lipinski definition) is 3. The molecule has 0 aliphatic carbocycles. The lowest BCUT2D eigenvalue weighted by Gasteiger charge is -2.33. The fourth-order valence-corrected chi connectivity index (χ4v) is 4.27. The third kappa shape index (κ3) is 5.75. The van der Waals surface area contributed by atoms with Crippen molar-refractivity contribution in [2.45, 2.75) is 26.3 Å². The first-order chi connectivity index (χ1) is 16.4. The second kappa shape index (κ2) is 10.7. The van der Waals surface area contributed by atoms with Gasteiger partial charge in [-0.05, 0) is 66.8 Å². The molecule has 1 aliphatic rings. The van der Waals surface area contributed by atoms with Crippen LogP contribution in [0.5, 0.6) is 0 Å². The molecule has 0 aromatic heterocycles. The van der Waals surface area contributed by atoms with Gasteiger partial charge in [0.05, 0.1) is 16.1 Å². The summed E-state index contributed by atoms with van der Waals surface area (Å²) >= 11 is 6.16. The Hall–Kier alpha value is -3.38. The van der Waals surface area contributed by atoms with E-state index in [-0.39, 0.29) is 24.2 Å². The van der Waals surface area contributed by atoms with Crippen LogP contribution in [0.4, 0.5) is 15.8 Å². The number of piperidine rings is 1. The summed E-state index contributed by atoms with van der Waals surface area (Å²) in [5.74, 6) is -0.269. The molecule has 2 N–H and O–H groups in total. The van der Waals surface area contributed by atoms with Crippen molar-refractivity contribution in [1.82, 2.24) is 5.32 Å². The Morgan fingerprint density at radius 1 is 0.971 bits per heavy atom. The van der Waals surface area contributed by atoms with Gasteiger partial charge in [-0.2, -0.15) is 0 Å². The zero-order valence-corrected chi connectivity index (χ0v) is 19.7. The van der Waals surface area contributed by atoms with Gasteiger partial charge in [-0.25, -0.2) is 4.39 Å². The number of nitrogens with zero attached hydrogens (tertiary/aromatic N) is 1. The first-order valence-electron chi connectivity index (χ1n) is 11.4. The normalized spacial score (nSPS) is 14.0. The van der Waals surface area contributed by atoms with Gasteiger partial charge in [0.15, 0.2) is 0 Å². The van der Waals surface area contributed by atoms with Gasteiger partial charge in [-0.3, -0.25) is 9.59 Å². The average Bonchev–Trinajstić information content (AvgIpc) is 2.84. The monoisotopic (exact) mass is 479 g/mol. The largest absolute Gasteiger partial charge is 0.371 e. The number of rotatable bonds is 6. The van der Waals surface area contributed by atoms with Gasteiger partial charge in [0.2, 0.25) is 0 Å². The summed E-state index contributed by atoms with van der Waals surface area (Å²) in [7, 11) is 0. The molecule has 5 nitrogen and oxygen atoms in total. The first kappa shape index (κ1) is 23.8. The molecule has 1 fully saturated rings. The zero-order chi connectivity index (χ0) is 24.1. The van der Waals surface area contributed by atoms with Crippen molar-refractivity contribution in [2.75, 3.05) is 23.3 Å². The smallest absolute Gasteiger partial charge is 0.257 e. The Morgan fingerprint density at radius 3 is 2.38 bits per heavy atom. The zero-order valence-electron chi connectivity index (χ0n) is 19.0. The van der Waals surface area contributed by atoms with Crippen LogP contribution in [0, 0.1) is 11.7 Å². The molecule has 2 amide bonds. The number of anilines is 2. The number of amides is 2. The van der Waals surface area contributed by atoms with E-state index < -0.39 is 0 Å². The molecule has 0 unspecified atom stereocenters. The van der Waals surface area contributed by atoms with Crippen molar-refractivity contribution in [1.29, 1.82) is 0 Å². The number of nitrogens with one attached hydrogen (secondary N) is 2. The Balaban J connectivity index is 1.57. The van der Waals surface area contributed by atoms with E-state index in [1.54, 1.807) is 48.5 Å². The minimum atomic E-state index is -0.345. The Morgan fingerprint density at radius 2 is 1.68 bits per heavy atom. The molecule has 3 aromatic rings. The maximum atomic E-state index is 13.2. The molecular weight excluding hydrogens is 453 g/mol. The molecule has 4 rings (SSSR count). The minimum Gasteiger partial charge on any atom is -0.371 e. The number of carbonyl (C=O) groups excluding carboxylic acids is 2. The quantitative estimate of drug-likeness (QED) is 0.463. The summed E-state index contributed by atoms with van der Waals surface area (Å²) in [5, 5.41) is 6.13. The van der Waals surface area contributed by atoms with Gasteiger partial charge in [0.25, 0.3) is 11.8 Å². The molecule has 0 bridgehead atoms. The van der Waals surface area contributed by atoms with Crippen molar-refractivity contribution < 1.29 is 14.0 Å². The maximum Gasteiger partial charge on any atom is 0.257 e. The van der Waals surface area contributed by atoms with Crippen molar-refractivity contribution in [3.8, 4) is 0 Å². The molecule has 1 heterocycles. The molecule has 1 saturated heterocycles. The van der Waals surface area contributed by atoms with Crippen LogP contribution in [0.1, 0.15) is 46.0 Å². The number of halogens is 2. The third-order valence-electron chi connectivity index (χ3n) is 6.11. The highest BCUT2D eigenvalue weighted by Crippen LogP contribution is 2.29. The highest BCUT2D eigenvalue weighted by Gasteiger charge is 2.22. The molecule has 176 valence electrons. The highest BCUT2D eigenvalue weighted by molar-refractivity contribution is 6.34. The molecule has 34 heavy (non-hydrogen) atoms. The van der Waals surface area contributed by atoms with Crippen LogP contribution in [0.3, 0.4) is 0 Å². The van der Waals surface area contributed by atoms with Crippen LogP contribution in [-0.2, 0) is 6.54 Å². The van der Waals surface area contributed by atoms with Crippen molar-refractivity contribution in [3.63, 3.8) is 0 Å². The fraction of sp³-hybridized carbons (Fsp3) is 0.259. The average molecular weight is 480 g/mol. The van der Waals surface area contributed by atoms with Crippen LogP contribution in [0.25, 0.3) is 0 Å². The third-order valence-corrected chi connectivity index (χ3v) is 6.44. The Kier molecular flexibility index (Phi) is 7.48. The van der Waals surface area contributed by atoms with Gasteiger partial charge in [-0.15, -0.1) is 0 Å². The van der Waals surface area contributed by atoms with E-state index in [2.05, 4.69) is 22.5 Å². The summed E-state index contributed by atoms with van der Waals surface area (Å²) in [4.78, 5) is 28.2. The van der Waals surface area contributed by atoms with Crippen LogP contribution < -0.4 is 15.5 Å². The summed E-state index contributed by atoms with van der Waals surface area (Å²) in [6.45, 7) is 4.24. The van der Waals surface area contributed by atoms with E-state index in [0.717, 1.165) is 37.2 Å². The van der Waals surface area contributed by atoms with E-state index in [1.165, 1.54) is 12.1 Å². The lowest BCUT2D eigenvalue weighted by Crippen LogP contribution is -2.35. The fourth-order valence-electron chi connectivity index (χ4n) is 4.04. The molecule has 0 spiro atoms. The highest BCUT2D eigenvalue weighted by atomic mass is 35.5. The van der Waals surface area contributed by atoms with E-state index in [4.69, 9.17) is 11.6 Å². The lowest BCUT2D eigenvalue weighted by molar-refractivity contribution is 0.0950. The number of hydrogen-bond donors (Lipinski definition) is 2. The predicted molar refractivity (Wildman–Crippen MR) is 134 cm³/mol. The predicted octanol–water partition coefficient (Wildman–Crippen LogP) is 5.90. The van der Waals surface area contributed by atoms with Gasteiger partial charge in [-0.1, -0.05) is 42.8 Å². The SMILES string of the molecule is CC1CCN(c2ccc(NC(=O)c3ccccc3Cl)cc2C(=O)NCc2ccc(F)cc2)CC1. The minimum absolute atomic E-state index is 0.258.